The van der Waals surface area contributed by atoms with Crippen LogP contribution in [0.1, 0.15) is 12.0 Å². The van der Waals surface area contributed by atoms with Crippen LogP contribution in [-0.2, 0) is 0 Å². The van der Waals surface area contributed by atoms with Gasteiger partial charge in [0.1, 0.15) is 0 Å². The molecule has 1 N–H and O–H groups in total. The van der Waals surface area contributed by atoms with E-state index in [9.17, 15) is 8.78 Å². The van der Waals surface area contributed by atoms with Crippen molar-refractivity contribution in [1.29, 1.82) is 0 Å². The molecule has 0 unspecified atom stereocenters. The second-order valence-electron chi connectivity index (χ2n) is 2.71. The average Bonchev–Trinajstić information content (AvgIpc) is 2.16. The first-order valence-corrected chi connectivity index (χ1v) is 4.45. The highest BCUT2D eigenvalue weighted by Gasteiger charge is 2.09. The maximum absolute atomic E-state index is 12.3. The van der Waals surface area contributed by atoms with Crippen molar-refractivity contribution < 1.29 is 8.78 Å². The molecule has 4 heteroatoms. The molecule has 0 amide bonds. The van der Waals surface area contributed by atoms with Gasteiger partial charge in [0.2, 0.25) is 0 Å². The maximum Gasteiger partial charge on any atom is 0.263 e. The molecule has 0 spiro atoms. The van der Waals surface area contributed by atoms with Crippen LogP contribution >= 0.6 is 11.6 Å². The lowest BCUT2D eigenvalue weighted by molar-refractivity contribution is 0.151. The van der Waals surface area contributed by atoms with Crippen molar-refractivity contribution in [3.8, 4) is 0 Å². The van der Waals surface area contributed by atoms with E-state index in [-0.39, 0.29) is 5.56 Å². The van der Waals surface area contributed by atoms with E-state index in [1.807, 2.05) is 0 Å². The Morgan fingerprint density at radius 2 is 2.21 bits per heavy atom. The molecule has 0 bridgehead atoms. The standard InChI is InChI=1S/C10H10ClF2N/c1-2-5-14-9-6-7(10(12)13)3-4-8(9)11/h2-4,6,10,14H,1,5H2. The zero-order valence-corrected chi connectivity index (χ0v) is 8.19. The Labute approximate surface area is 86.4 Å². The number of hydrogen-bond donors (Lipinski definition) is 1. The Balaban J connectivity index is 2.90. The molecule has 1 rings (SSSR count). The van der Waals surface area contributed by atoms with E-state index in [1.165, 1.54) is 18.2 Å². The summed E-state index contributed by atoms with van der Waals surface area (Å²) in [7, 11) is 0. The van der Waals surface area contributed by atoms with Gasteiger partial charge in [-0.2, -0.15) is 0 Å². The number of benzene rings is 1. The summed E-state index contributed by atoms with van der Waals surface area (Å²) in [5, 5.41) is 3.30. The minimum Gasteiger partial charge on any atom is -0.380 e. The van der Waals surface area contributed by atoms with E-state index in [1.54, 1.807) is 6.08 Å². The van der Waals surface area contributed by atoms with Gasteiger partial charge < -0.3 is 5.32 Å². The van der Waals surface area contributed by atoms with Crippen LogP contribution in [-0.4, -0.2) is 6.54 Å². The third-order valence-electron chi connectivity index (χ3n) is 1.68. The van der Waals surface area contributed by atoms with Gasteiger partial charge in [-0.25, -0.2) is 8.78 Å². The lowest BCUT2D eigenvalue weighted by atomic mass is 10.2. The number of anilines is 1. The molecule has 0 aliphatic rings. The summed E-state index contributed by atoms with van der Waals surface area (Å²) in [6.07, 6.45) is -0.845. The van der Waals surface area contributed by atoms with Crippen LogP contribution in [0.3, 0.4) is 0 Å². The van der Waals surface area contributed by atoms with Crippen molar-refractivity contribution in [3.05, 3.63) is 41.4 Å². The third kappa shape index (κ3) is 2.70. The second-order valence-corrected chi connectivity index (χ2v) is 3.12. The predicted molar refractivity (Wildman–Crippen MR) is 55.1 cm³/mol. The van der Waals surface area contributed by atoms with Crippen LogP contribution in [0.4, 0.5) is 14.5 Å². The number of rotatable bonds is 4. The summed E-state index contributed by atoms with van der Waals surface area (Å²) in [4.78, 5) is 0. The van der Waals surface area contributed by atoms with Crippen molar-refractivity contribution in [2.75, 3.05) is 11.9 Å². The lowest BCUT2D eigenvalue weighted by Gasteiger charge is -2.08. The molecular weight excluding hydrogens is 208 g/mol. The Morgan fingerprint density at radius 1 is 1.50 bits per heavy atom. The van der Waals surface area contributed by atoms with E-state index in [0.717, 1.165) is 0 Å². The van der Waals surface area contributed by atoms with Crippen LogP contribution in [0, 0.1) is 0 Å². The first-order chi connectivity index (χ1) is 6.65. The zero-order chi connectivity index (χ0) is 10.6. The summed E-state index contributed by atoms with van der Waals surface area (Å²) in [6, 6.07) is 4.11. The highest BCUT2D eigenvalue weighted by atomic mass is 35.5. The molecule has 0 heterocycles. The van der Waals surface area contributed by atoms with Gasteiger partial charge in [-0.1, -0.05) is 23.7 Å². The molecule has 1 nitrogen and oxygen atoms in total. The number of nitrogens with one attached hydrogen (secondary N) is 1. The molecular formula is C10H10ClF2N. The van der Waals surface area contributed by atoms with Gasteiger partial charge in [0.05, 0.1) is 10.7 Å². The summed E-state index contributed by atoms with van der Waals surface area (Å²) in [5.74, 6) is 0. The average molecular weight is 218 g/mol. The Morgan fingerprint density at radius 3 is 2.79 bits per heavy atom. The molecule has 76 valence electrons. The van der Waals surface area contributed by atoms with Crippen LogP contribution in [0.25, 0.3) is 0 Å². The fraction of sp³-hybridized carbons (Fsp3) is 0.200. The molecule has 1 aromatic rings. The molecule has 1 aromatic carbocycles. The molecule has 0 saturated heterocycles. The smallest absolute Gasteiger partial charge is 0.263 e. The van der Waals surface area contributed by atoms with Gasteiger partial charge in [-0.15, -0.1) is 6.58 Å². The Bertz CT molecular complexity index is 326. The van der Waals surface area contributed by atoms with Crippen molar-refractivity contribution in [2.45, 2.75) is 6.43 Å². The van der Waals surface area contributed by atoms with Crippen molar-refractivity contribution >= 4 is 17.3 Å². The number of halogens is 3. The monoisotopic (exact) mass is 217 g/mol. The molecule has 14 heavy (non-hydrogen) atoms. The first-order valence-electron chi connectivity index (χ1n) is 4.07. The molecule has 0 aliphatic carbocycles. The molecule has 0 fully saturated rings. The molecule has 0 aliphatic heterocycles. The van der Waals surface area contributed by atoms with E-state index in [0.29, 0.717) is 17.3 Å². The maximum atomic E-state index is 12.3. The van der Waals surface area contributed by atoms with Gasteiger partial charge in [0, 0.05) is 12.1 Å². The Hall–Kier alpha value is -1.09. The van der Waals surface area contributed by atoms with E-state index in [4.69, 9.17) is 11.6 Å². The molecule has 0 saturated carbocycles. The highest BCUT2D eigenvalue weighted by molar-refractivity contribution is 6.33. The SMILES string of the molecule is C=CCNc1cc(C(F)F)ccc1Cl. The normalized spacial score (nSPS) is 10.3. The molecule has 0 aromatic heterocycles. The summed E-state index contributed by atoms with van der Waals surface area (Å²) >= 11 is 5.79. The second kappa shape index (κ2) is 4.96. The number of hydrogen-bond acceptors (Lipinski definition) is 1. The van der Waals surface area contributed by atoms with Crippen molar-refractivity contribution in [1.82, 2.24) is 0 Å². The quantitative estimate of drug-likeness (QED) is 0.755. The third-order valence-corrected chi connectivity index (χ3v) is 2.01. The van der Waals surface area contributed by atoms with Gasteiger partial charge in [0.15, 0.2) is 0 Å². The highest BCUT2D eigenvalue weighted by Crippen LogP contribution is 2.27. The number of alkyl halides is 2. The minimum absolute atomic E-state index is 0.0408. The van der Waals surface area contributed by atoms with Gasteiger partial charge in [-0.05, 0) is 12.1 Å². The van der Waals surface area contributed by atoms with Gasteiger partial charge >= 0.3 is 0 Å². The van der Waals surface area contributed by atoms with Crippen LogP contribution in [0.2, 0.25) is 5.02 Å². The fourth-order valence-corrected chi connectivity index (χ4v) is 1.18. The van der Waals surface area contributed by atoms with Crippen molar-refractivity contribution in [3.63, 3.8) is 0 Å². The molecule has 0 atom stereocenters. The fourth-order valence-electron chi connectivity index (χ4n) is 0.996. The van der Waals surface area contributed by atoms with Crippen LogP contribution in [0.5, 0.6) is 0 Å². The van der Waals surface area contributed by atoms with E-state index in [2.05, 4.69) is 11.9 Å². The zero-order valence-electron chi connectivity index (χ0n) is 7.43. The topological polar surface area (TPSA) is 12.0 Å². The lowest BCUT2D eigenvalue weighted by Crippen LogP contribution is -1.99. The summed E-state index contributed by atoms with van der Waals surface area (Å²) in [6.45, 7) is 4.00. The largest absolute Gasteiger partial charge is 0.380 e. The van der Waals surface area contributed by atoms with Crippen LogP contribution in [0.15, 0.2) is 30.9 Å². The van der Waals surface area contributed by atoms with Crippen LogP contribution < -0.4 is 5.32 Å². The van der Waals surface area contributed by atoms with E-state index < -0.39 is 6.43 Å². The first kappa shape index (κ1) is 11.0. The summed E-state index contributed by atoms with van der Waals surface area (Å²) in [5.41, 5.74) is 0.463. The predicted octanol–water partition coefficient (Wildman–Crippen LogP) is 3.88. The molecule has 0 radical (unpaired) electrons. The summed E-state index contributed by atoms with van der Waals surface area (Å²) < 4.78 is 24.6. The Kier molecular flexibility index (Phi) is 3.89. The van der Waals surface area contributed by atoms with Gasteiger partial charge in [-0.3, -0.25) is 0 Å². The van der Waals surface area contributed by atoms with Crippen molar-refractivity contribution in [2.24, 2.45) is 0 Å². The minimum atomic E-state index is -2.48. The van der Waals surface area contributed by atoms with E-state index >= 15 is 0 Å². The van der Waals surface area contributed by atoms with Gasteiger partial charge in [0.25, 0.3) is 6.43 Å².